The molecule has 0 aliphatic heterocycles. The van der Waals surface area contributed by atoms with Crippen LogP contribution in [0.15, 0.2) is 46.9 Å². The molecule has 0 aromatic heterocycles. The number of carbonyl (C=O) groups is 1. The van der Waals surface area contributed by atoms with Gasteiger partial charge in [-0.3, -0.25) is 4.79 Å². The number of nitriles is 1. The summed E-state index contributed by atoms with van der Waals surface area (Å²) in [6.45, 7) is 1.86. The molecule has 21 heavy (non-hydrogen) atoms. The number of carbonyl (C=O) groups excluding carboxylic acids is 1. The number of amides is 1. The predicted molar refractivity (Wildman–Crippen MR) is 84.2 cm³/mol. The third-order valence-electron chi connectivity index (χ3n) is 2.82. The van der Waals surface area contributed by atoms with Crippen molar-refractivity contribution in [1.82, 2.24) is 0 Å². The number of benzene rings is 2. The number of aryl methyl sites for hydroxylation is 1. The molecule has 2 aromatic carbocycles. The lowest BCUT2D eigenvalue weighted by Gasteiger charge is -2.10. The van der Waals surface area contributed by atoms with Crippen molar-refractivity contribution in [3.05, 3.63) is 58.1 Å². The molecule has 0 aliphatic rings. The van der Waals surface area contributed by atoms with Gasteiger partial charge in [-0.25, -0.2) is 0 Å². The summed E-state index contributed by atoms with van der Waals surface area (Å²) in [5.41, 5.74) is 2.31. The average molecular weight is 345 g/mol. The number of hydrogen-bond acceptors (Lipinski definition) is 3. The van der Waals surface area contributed by atoms with E-state index in [4.69, 9.17) is 10.00 Å². The largest absolute Gasteiger partial charge is 0.484 e. The zero-order valence-electron chi connectivity index (χ0n) is 11.4. The molecule has 0 heterocycles. The van der Waals surface area contributed by atoms with Crippen LogP contribution in [0.4, 0.5) is 5.69 Å². The maximum atomic E-state index is 11.9. The Balaban J connectivity index is 1.93. The SMILES string of the molecule is Cc1cccc(NC(=O)COc2ccc(C#N)cc2)c1Br. The summed E-state index contributed by atoms with van der Waals surface area (Å²) in [7, 11) is 0. The first-order valence-corrected chi connectivity index (χ1v) is 7.07. The van der Waals surface area contributed by atoms with E-state index in [0.717, 1.165) is 10.0 Å². The maximum Gasteiger partial charge on any atom is 0.262 e. The quantitative estimate of drug-likeness (QED) is 0.920. The number of nitrogens with zero attached hydrogens (tertiary/aromatic N) is 1. The molecule has 106 valence electrons. The Bertz CT molecular complexity index is 690. The van der Waals surface area contributed by atoms with Gasteiger partial charge in [0.15, 0.2) is 6.61 Å². The zero-order chi connectivity index (χ0) is 15.2. The molecule has 5 heteroatoms. The number of ether oxygens (including phenoxy) is 1. The van der Waals surface area contributed by atoms with Crippen molar-refractivity contribution < 1.29 is 9.53 Å². The summed E-state index contributed by atoms with van der Waals surface area (Å²) in [6.07, 6.45) is 0. The van der Waals surface area contributed by atoms with E-state index in [2.05, 4.69) is 21.2 Å². The molecule has 0 saturated carbocycles. The van der Waals surface area contributed by atoms with Gasteiger partial charge in [0.05, 0.1) is 17.3 Å². The standard InChI is InChI=1S/C16H13BrN2O2/c1-11-3-2-4-14(16(11)17)19-15(20)10-21-13-7-5-12(9-18)6-8-13/h2-8H,10H2,1H3,(H,19,20). The van der Waals surface area contributed by atoms with Crippen LogP contribution in [0.25, 0.3) is 0 Å². The molecule has 1 amide bonds. The summed E-state index contributed by atoms with van der Waals surface area (Å²) < 4.78 is 6.23. The second-order valence-electron chi connectivity index (χ2n) is 4.41. The first-order chi connectivity index (χ1) is 10.1. The lowest BCUT2D eigenvalue weighted by Crippen LogP contribution is -2.20. The molecule has 0 bridgehead atoms. The first-order valence-electron chi connectivity index (χ1n) is 6.28. The van der Waals surface area contributed by atoms with Crippen LogP contribution in [0.2, 0.25) is 0 Å². The van der Waals surface area contributed by atoms with E-state index in [1.165, 1.54) is 0 Å². The summed E-state index contributed by atoms with van der Waals surface area (Å²) in [6, 6.07) is 14.3. The van der Waals surface area contributed by atoms with Crippen molar-refractivity contribution in [1.29, 1.82) is 5.26 Å². The van der Waals surface area contributed by atoms with Gasteiger partial charge < -0.3 is 10.1 Å². The Morgan fingerprint density at radius 1 is 1.29 bits per heavy atom. The monoisotopic (exact) mass is 344 g/mol. The van der Waals surface area contributed by atoms with Crippen molar-refractivity contribution in [2.45, 2.75) is 6.92 Å². The van der Waals surface area contributed by atoms with Crippen molar-refractivity contribution in [2.24, 2.45) is 0 Å². The summed E-state index contributed by atoms with van der Waals surface area (Å²) in [5.74, 6) is 0.304. The lowest BCUT2D eigenvalue weighted by atomic mass is 10.2. The van der Waals surface area contributed by atoms with Crippen molar-refractivity contribution in [3.8, 4) is 11.8 Å². The van der Waals surface area contributed by atoms with E-state index >= 15 is 0 Å². The predicted octanol–water partition coefficient (Wildman–Crippen LogP) is 3.65. The van der Waals surface area contributed by atoms with Gasteiger partial charge in [-0.1, -0.05) is 12.1 Å². The maximum absolute atomic E-state index is 11.9. The second-order valence-corrected chi connectivity index (χ2v) is 5.20. The van der Waals surface area contributed by atoms with Crippen LogP contribution in [0, 0.1) is 18.3 Å². The molecule has 2 rings (SSSR count). The highest BCUT2D eigenvalue weighted by Crippen LogP contribution is 2.25. The summed E-state index contributed by atoms with van der Waals surface area (Å²) in [4.78, 5) is 11.9. The third-order valence-corrected chi connectivity index (χ3v) is 3.87. The smallest absolute Gasteiger partial charge is 0.262 e. The molecule has 0 spiro atoms. The Kier molecular flexibility index (Phi) is 4.96. The number of halogens is 1. The van der Waals surface area contributed by atoms with Gasteiger partial charge in [0.2, 0.25) is 0 Å². The van der Waals surface area contributed by atoms with Gasteiger partial charge in [-0.15, -0.1) is 0 Å². The Hall–Kier alpha value is -2.32. The normalized spacial score (nSPS) is 9.76. The fourth-order valence-corrected chi connectivity index (χ4v) is 2.07. The fourth-order valence-electron chi connectivity index (χ4n) is 1.70. The van der Waals surface area contributed by atoms with Gasteiger partial charge in [0.25, 0.3) is 5.91 Å². The minimum absolute atomic E-state index is 0.0910. The second kappa shape index (κ2) is 6.91. The molecular formula is C16H13BrN2O2. The highest BCUT2D eigenvalue weighted by Gasteiger charge is 2.07. The van der Waals surface area contributed by atoms with Gasteiger partial charge in [-0.2, -0.15) is 5.26 Å². The summed E-state index contributed by atoms with van der Waals surface area (Å²) >= 11 is 3.43. The van der Waals surface area contributed by atoms with Crippen molar-refractivity contribution in [3.63, 3.8) is 0 Å². The van der Waals surface area contributed by atoms with E-state index in [9.17, 15) is 4.79 Å². The molecule has 4 nitrogen and oxygen atoms in total. The minimum Gasteiger partial charge on any atom is -0.484 e. The topological polar surface area (TPSA) is 62.1 Å². The van der Waals surface area contributed by atoms with Crippen LogP contribution in [-0.4, -0.2) is 12.5 Å². The Labute approximate surface area is 131 Å². The van der Waals surface area contributed by atoms with Crippen LogP contribution in [0.5, 0.6) is 5.75 Å². The number of anilines is 1. The van der Waals surface area contributed by atoms with Gasteiger partial charge in [0.1, 0.15) is 5.75 Å². The Morgan fingerprint density at radius 2 is 2.00 bits per heavy atom. The molecule has 0 atom stereocenters. The minimum atomic E-state index is -0.245. The van der Waals surface area contributed by atoms with E-state index < -0.39 is 0 Å². The summed E-state index contributed by atoms with van der Waals surface area (Å²) in [5, 5.41) is 11.5. The van der Waals surface area contributed by atoms with Gasteiger partial charge >= 0.3 is 0 Å². The van der Waals surface area contributed by atoms with Gasteiger partial charge in [-0.05, 0) is 58.7 Å². The number of nitrogens with one attached hydrogen (secondary N) is 1. The molecule has 0 fully saturated rings. The highest BCUT2D eigenvalue weighted by molar-refractivity contribution is 9.10. The van der Waals surface area contributed by atoms with Crippen LogP contribution >= 0.6 is 15.9 Å². The first kappa shape index (κ1) is 15.1. The molecule has 0 saturated heterocycles. The van der Waals surface area contributed by atoms with E-state index in [-0.39, 0.29) is 12.5 Å². The van der Waals surface area contributed by atoms with E-state index in [1.54, 1.807) is 24.3 Å². The van der Waals surface area contributed by atoms with Gasteiger partial charge in [0, 0.05) is 4.47 Å². The van der Waals surface area contributed by atoms with Crippen molar-refractivity contribution >= 4 is 27.5 Å². The van der Waals surface area contributed by atoms with Crippen LogP contribution in [0.1, 0.15) is 11.1 Å². The molecule has 0 radical (unpaired) electrons. The average Bonchev–Trinajstić information content (AvgIpc) is 2.50. The number of hydrogen-bond donors (Lipinski definition) is 1. The molecule has 2 aromatic rings. The van der Waals surface area contributed by atoms with Crippen LogP contribution in [0.3, 0.4) is 0 Å². The van der Waals surface area contributed by atoms with Crippen LogP contribution < -0.4 is 10.1 Å². The van der Waals surface area contributed by atoms with Crippen LogP contribution in [-0.2, 0) is 4.79 Å². The lowest BCUT2D eigenvalue weighted by molar-refractivity contribution is -0.118. The fraction of sp³-hybridized carbons (Fsp3) is 0.125. The molecular weight excluding hydrogens is 332 g/mol. The van der Waals surface area contributed by atoms with Crippen molar-refractivity contribution in [2.75, 3.05) is 11.9 Å². The highest BCUT2D eigenvalue weighted by atomic mass is 79.9. The number of rotatable bonds is 4. The molecule has 1 N–H and O–H groups in total. The van der Waals surface area contributed by atoms with E-state index in [0.29, 0.717) is 17.0 Å². The third kappa shape index (κ3) is 4.07. The van der Waals surface area contributed by atoms with E-state index in [1.807, 2.05) is 31.2 Å². The molecule has 0 unspecified atom stereocenters. The Morgan fingerprint density at radius 3 is 2.67 bits per heavy atom. The molecule has 0 aliphatic carbocycles. The zero-order valence-corrected chi connectivity index (χ0v) is 13.0.